The molecule has 1 atom stereocenters. The van der Waals surface area contributed by atoms with E-state index < -0.39 is 0 Å². The van der Waals surface area contributed by atoms with Crippen LogP contribution in [0, 0.1) is 5.92 Å². The molecule has 1 aromatic heterocycles. The molecule has 0 saturated heterocycles. The first-order chi connectivity index (χ1) is 10.3. The molecule has 0 amide bonds. The van der Waals surface area contributed by atoms with Gasteiger partial charge in [0.15, 0.2) is 0 Å². The minimum absolute atomic E-state index is 0.473. The fourth-order valence-corrected chi connectivity index (χ4v) is 2.66. The molecule has 4 nitrogen and oxygen atoms in total. The first-order valence-corrected chi connectivity index (χ1v) is 7.07. The Morgan fingerprint density at radius 1 is 1.19 bits per heavy atom. The number of pyridine rings is 1. The molecule has 0 fully saturated rings. The number of nitrogens with zero attached hydrogens (tertiary/aromatic N) is 1. The molecule has 0 spiro atoms. The summed E-state index contributed by atoms with van der Waals surface area (Å²) in [5.74, 6) is 2.90. The second-order valence-electron chi connectivity index (χ2n) is 5.27. The number of aromatic nitrogens is 1. The van der Waals surface area contributed by atoms with Crippen molar-refractivity contribution in [3.63, 3.8) is 0 Å². The lowest BCUT2D eigenvalue weighted by atomic mass is 9.91. The SMILES string of the molecule is COc1ccc2c(c1)OC[C@@H](Cc1ccc(OC)nc1)C2. The van der Waals surface area contributed by atoms with Gasteiger partial charge in [0.2, 0.25) is 5.88 Å². The van der Waals surface area contributed by atoms with Gasteiger partial charge < -0.3 is 14.2 Å². The summed E-state index contributed by atoms with van der Waals surface area (Å²) in [5, 5.41) is 0. The van der Waals surface area contributed by atoms with Gasteiger partial charge in [-0.15, -0.1) is 0 Å². The molecule has 1 aliphatic rings. The average molecular weight is 285 g/mol. The minimum Gasteiger partial charge on any atom is -0.497 e. The molecule has 0 saturated carbocycles. The fraction of sp³-hybridized carbons (Fsp3) is 0.353. The molecule has 2 heterocycles. The van der Waals surface area contributed by atoms with E-state index in [4.69, 9.17) is 14.2 Å². The summed E-state index contributed by atoms with van der Waals surface area (Å²) in [4.78, 5) is 4.25. The molecule has 1 aromatic carbocycles. The predicted molar refractivity (Wildman–Crippen MR) is 80.2 cm³/mol. The van der Waals surface area contributed by atoms with Gasteiger partial charge in [0.1, 0.15) is 11.5 Å². The zero-order valence-electron chi connectivity index (χ0n) is 12.3. The van der Waals surface area contributed by atoms with E-state index in [0.29, 0.717) is 11.8 Å². The van der Waals surface area contributed by atoms with E-state index in [1.165, 1.54) is 11.1 Å². The van der Waals surface area contributed by atoms with Gasteiger partial charge in [0.05, 0.1) is 20.8 Å². The third-order valence-electron chi connectivity index (χ3n) is 3.79. The maximum atomic E-state index is 5.87. The highest BCUT2D eigenvalue weighted by atomic mass is 16.5. The average Bonchev–Trinajstić information content (AvgIpc) is 2.55. The normalized spacial score (nSPS) is 16.8. The number of hydrogen-bond donors (Lipinski definition) is 0. The molecule has 3 rings (SSSR count). The number of hydrogen-bond acceptors (Lipinski definition) is 4. The van der Waals surface area contributed by atoms with Crippen LogP contribution < -0.4 is 14.2 Å². The maximum absolute atomic E-state index is 5.87. The van der Waals surface area contributed by atoms with E-state index in [2.05, 4.69) is 17.1 Å². The first-order valence-electron chi connectivity index (χ1n) is 7.07. The molecule has 0 bridgehead atoms. The lowest BCUT2D eigenvalue weighted by Gasteiger charge is -2.25. The number of methoxy groups -OCH3 is 2. The standard InChI is InChI=1S/C17H19NO3/c1-19-15-5-4-14-8-13(11-21-16(14)9-15)7-12-3-6-17(20-2)18-10-12/h3-6,9-10,13H,7-8,11H2,1-2H3/t13-/m0/s1. The smallest absolute Gasteiger partial charge is 0.212 e. The van der Waals surface area contributed by atoms with E-state index in [9.17, 15) is 0 Å². The quantitative estimate of drug-likeness (QED) is 0.866. The van der Waals surface area contributed by atoms with Gasteiger partial charge in [0, 0.05) is 24.2 Å². The summed E-state index contributed by atoms with van der Waals surface area (Å²) in [5.41, 5.74) is 2.45. The minimum atomic E-state index is 0.473. The molecule has 21 heavy (non-hydrogen) atoms. The van der Waals surface area contributed by atoms with Crippen molar-refractivity contribution in [1.29, 1.82) is 0 Å². The van der Waals surface area contributed by atoms with Crippen molar-refractivity contribution >= 4 is 0 Å². The van der Waals surface area contributed by atoms with Gasteiger partial charge in [-0.05, 0) is 30.0 Å². The van der Waals surface area contributed by atoms with E-state index in [1.54, 1.807) is 14.2 Å². The predicted octanol–water partition coefficient (Wildman–Crippen LogP) is 2.89. The second kappa shape index (κ2) is 6.04. The van der Waals surface area contributed by atoms with E-state index in [0.717, 1.165) is 30.9 Å². The second-order valence-corrected chi connectivity index (χ2v) is 5.27. The number of benzene rings is 1. The molecule has 0 unspecified atom stereocenters. The molecule has 0 N–H and O–H groups in total. The highest BCUT2D eigenvalue weighted by Gasteiger charge is 2.20. The molecular weight excluding hydrogens is 266 g/mol. The Morgan fingerprint density at radius 2 is 2.10 bits per heavy atom. The van der Waals surface area contributed by atoms with Gasteiger partial charge in [-0.2, -0.15) is 0 Å². The van der Waals surface area contributed by atoms with Gasteiger partial charge in [0.25, 0.3) is 0 Å². The van der Waals surface area contributed by atoms with Crippen LogP contribution in [0.3, 0.4) is 0 Å². The van der Waals surface area contributed by atoms with Crippen molar-refractivity contribution in [1.82, 2.24) is 4.98 Å². The van der Waals surface area contributed by atoms with Crippen LogP contribution in [0.25, 0.3) is 0 Å². The maximum Gasteiger partial charge on any atom is 0.212 e. The van der Waals surface area contributed by atoms with Crippen LogP contribution in [-0.2, 0) is 12.8 Å². The lowest BCUT2D eigenvalue weighted by molar-refractivity contribution is 0.220. The van der Waals surface area contributed by atoms with Crippen molar-refractivity contribution < 1.29 is 14.2 Å². The molecule has 2 aromatic rings. The summed E-state index contributed by atoms with van der Waals surface area (Å²) in [6.45, 7) is 0.728. The van der Waals surface area contributed by atoms with Crippen molar-refractivity contribution in [3.8, 4) is 17.4 Å². The van der Waals surface area contributed by atoms with E-state index in [1.807, 2.05) is 24.4 Å². The molecule has 110 valence electrons. The van der Waals surface area contributed by atoms with Crippen LogP contribution in [-0.4, -0.2) is 25.8 Å². The van der Waals surface area contributed by atoms with Crippen LogP contribution in [0.15, 0.2) is 36.5 Å². The van der Waals surface area contributed by atoms with Gasteiger partial charge >= 0.3 is 0 Å². The molecule has 0 radical (unpaired) electrons. The van der Waals surface area contributed by atoms with Crippen molar-refractivity contribution in [2.24, 2.45) is 5.92 Å². The zero-order valence-corrected chi connectivity index (χ0v) is 12.3. The van der Waals surface area contributed by atoms with E-state index >= 15 is 0 Å². The van der Waals surface area contributed by atoms with Gasteiger partial charge in [-0.1, -0.05) is 12.1 Å². The topological polar surface area (TPSA) is 40.6 Å². The number of ether oxygens (including phenoxy) is 3. The van der Waals surface area contributed by atoms with Crippen LogP contribution in [0.2, 0.25) is 0 Å². The Balaban J connectivity index is 1.68. The molecule has 1 aliphatic heterocycles. The fourth-order valence-electron chi connectivity index (χ4n) is 2.66. The molecule has 0 aliphatic carbocycles. The number of rotatable bonds is 4. The third-order valence-corrected chi connectivity index (χ3v) is 3.79. The first kappa shape index (κ1) is 13.7. The molecular formula is C17H19NO3. The highest BCUT2D eigenvalue weighted by Crippen LogP contribution is 2.32. The van der Waals surface area contributed by atoms with Crippen molar-refractivity contribution in [2.45, 2.75) is 12.8 Å². The molecule has 4 heteroatoms. The van der Waals surface area contributed by atoms with Crippen molar-refractivity contribution in [3.05, 3.63) is 47.7 Å². The largest absolute Gasteiger partial charge is 0.497 e. The van der Waals surface area contributed by atoms with Crippen LogP contribution in [0.1, 0.15) is 11.1 Å². The van der Waals surface area contributed by atoms with Crippen LogP contribution in [0.5, 0.6) is 17.4 Å². The Morgan fingerprint density at radius 3 is 2.81 bits per heavy atom. The van der Waals surface area contributed by atoms with E-state index in [-0.39, 0.29) is 0 Å². The van der Waals surface area contributed by atoms with Gasteiger partial charge in [-0.3, -0.25) is 0 Å². The Labute approximate surface area is 124 Å². The Hall–Kier alpha value is -2.23. The van der Waals surface area contributed by atoms with Gasteiger partial charge in [-0.25, -0.2) is 4.98 Å². The highest BCUT2D eigenvalue weighted by molar-refractivity contribution is 5.42. The van der Waals surface area contributed by atoms with Crippen LogP contribution >= 0.6 is 0 Å². The zero-order chi connectivity index (χ0) is 14.7. The lowest BCUT2D eigenvalue weighted by Crippen LogP contribution is -2.22. The summed E-state index contributed by atoms with van der Waals surface area (Å²) in [7, 11) is 3.30. The summed E-state index contributed by atoms with van der Waals surface area (Å²) in [6, 6.07) is 10.00. The Kier molecular flexibility index (Phi) is 3.95. The summed E-state index contributed by atoms with van der Waals surface area (Å²) < 4.78 is 16.2. The summed E-state index contributed by atoms with van der Waals surface area (Å²) in [6.07, 6.45) is 3.86. The third kappa shape index (κ3) is 3.10. The summed E-state index contributed by atoms with van der Waals surface area (Å²) >= 11 is 0. The number of fused-ring (bicyclic) bond motifs is 1. The monoisotopic (exact) mass is 285 g/mol. The van der Waals surface area contributed by atoms with Crippen LogP contribution in [0.4, 0.5) is 0 Å². The Bertz CT molecular complexity index is 610. The van der Waals surface area contributed by atoms with Crippen molar-refractivity contribution in [2.75, 3.05) is 20.8 Å².